The Hall–Kier alpha value is -1.06. The topological polar surface area (TPSA) is 30.5 Å². The van der Waals surface area contributed by atoms with Gasteiger partial charge in [0.05, 0.1) is 13.2 Å². The standard InChI is InChI=1S/C14H19NO2/c1-14(5-6-16-9-14)10-17-13-4-2-3-11-7-15-8-12(11)13/h2-4,15H,5-10H2,1H3. The molecule has 17 heavy (non-hydrogen) atoms. The zero-order valence-corrected chi connectivity index (χ0v) is 10.3. The van der Waals surface area contributed by atoms with Gasteiger partial charge in [-0.05, 0) is 18.1 Å². The van der Waals surface area contributed by atoms with Gasteiger partial charge in [-0.2, -0.15) is 0 Å². The van der Waals surface area contributed by atoms with Crippen molar-refractivity contribution in [1.29, 1.82) is 0 Å². The van der Waals surface area contributed by atoms with E-state index in [1.807, 2.05) is 0 Å². The van der Waals surface area contributed by atoms with E-state index in [1.165, 1.54) is 11.1 Å². The smallest absolute Gasteiger partial charge is 0.124 e. The fraction of sp³-hybridized carbons (Fsp3) is 0.571. The second kappa shape index (κ2) is 4.31. The van der Waals surface area contributed by atoms with Gasteiger partial charge in [-0.15, -0.1) is 0 Å². The summed E-state index contributed by atoms with van der Waals surface area (Å²) in [4.78, 5) is 0. The Balaban J connectivity index is 1.71. The van der Waals surface area contributed by atoms with E-state index < -0.39 is 0 Å². The Morgan fingerprint density at radius 3 is 3.18 bits per heavy atom. The van der Waals surface area contributed by atoms with Crippen LogP contribution in [-0.2, 0) is 17.8 Å². The highest BCUT2D eigenvalue weighted by atomic mass is 16.5. The molecule has 0 aromatic heterocycles. The number of benzene rings is 1. The summed E-state index contributed by atoms with van der Waals surface area (Å²) < 4.78 is 11.5. The van der Waals surface area contributed by atoms with Crippen LogP contribution in [0.1, 0.15) is 24.5 Å². The van der Waals surface area contributed by atoms with Gasteiger partial charge >= 0.3 is 0 Å². The van der Waals surface area contributed by atoms with Gasteiger partial charge in [-0.25, -0.2) is 0 Å². The molecule has 1 unspecified atom stereocenters. The first-order chi connectivity index (χ1) is 8.27. The second-order valence-electron chi connectivity index (χ2n) is 5.40. The van der Waals surface area contributed by atoms with Crippen LogP contribution in [0.25, 0.3) is 0 Å². The van der Waals surface area contributed by atoms with Crippen molar-refractivity contribution in [2.24, 2.45) is 5.41 Å². The molecule has 1 N–H and O–H groups in total. The third kappa shape index (κ3) is 2.17. The van der Waals surface area contributed by atoms with Crippen LogP contribution in [0.2, 0.25) is 0 Å². The largest absolute Gasteiger partial charge is 0.493 e. The number of fused-ring (bicyclic) bond motifs is 1. The molecular weight excluding hydrogens is 214 g/mol. The molecular formula is C14H19NO2. The molecule has 0 amide bonds. The molecule has 1 aromatic carbocycles. The van der Waals surface area contributed by atoms with Crippen LogP contribution in [0, 0.1) is 5.41 Å². The van der Waals surface area contributed by atoms with Crippen molar-refractivity contribution in [2.75, 3.05) is 19.8 Å². The molecule has 92 valence electrons. The second-order valence-corrected chi connectivity index (χ2v) is 5.40. The molecule has 1 fully saturated rings. The number of rotatable bonds is 3. The van der Waals surface area contributed by atoms with Crippen LogP contribution >= 0.6 is 0 Å². The molecule has 2 aliphatic rings. The van der Waals surface area contributed by atoms with Gasteiger partial charge in [0, 0.05) is 30.7 Å². The Labute approximate surface area is 102 Å². The maximum absolute atomic E-state index is 6.02. The zero-order valence-electron chi connectivity index (χ0n) is 10.3. The van der Waals surface area contributed by atoms with Crippen LogP contribution < -0.4 is 10.1 Å². The minimum atomic E-state index is 0.189. The molecule has 2 aliphatic heterocycles. The summed E-state index contributed by atoms with van der Waals surface area (Å²) in [5, 5.41) is 3.36. The molecule has 0 radical (unpaired) electrons. The van der Waals surface area contributed by atoms with Gasteiger partial charge in [0.2, 0.25) is 0 Å². The van der Waals surface area contributed by atoms with E-state index in [0.717, 1.165) is 45.1 Å². The third-order valence-corrected chi connectivity index (χ3v) is 3.72. The van der Waals surface area contributed by atoms with Crippen LogP contribution in [-0.4, -0.2) is 19.8 Å². The first-order valence-corrected chi connectivity index (χ1v) is 6.29. The Morgan fingerprint density at radius 1 is 1.41 bits per heavy atom. The highest BCUT2D eigenvalue weighted by Crippen LogP contribution is 2.31. The summed E-state index contributed by atoms with van der Waals surface area (Å²) in [6.07, 6.45) is 1.10. The van der Waals surface area contributed by atoms with Crippen LogP contribution in [0.3, 0.4) is 0 Å². The number of nitrogens with one attached hydrogen (secondary N) is 1. The lowest BCUT2D eigenvalue weighted by atomic mass is 9.91. The van der Waals surface area contributed by atoms with E-state index in [4.69, 9.17) is 9.47 Å². The van der Waals surface area contributed by atoms with Crippen molar-refractivity contribution in [1.82, 2.24) is 5.32 Å². The molecule has 0 aliphatic carbocycles. The molecule has 1 atom stereocenters. The zero-order chi connectivity index (χ0) is 11.7. The number of hydrogen-bond acceptors (Lipinski definition) is 3. The first-order valence-electron chi connectivity index (χ1n) is 6.29. The van der Waals surface area contributed by atoms with Gasteiger partial charge in [0.1, 0.15) is 5.75 Å². The third-order valence-electron chi connectivity index (χ3n) is 3.72. The van der Waals surface area contributed by atoms with Crippen molar-refractivity contribution in [3.8, 4) is 5.75 Å². The van der Waals surface area contributed by atoms with E-state index in [1.54, 1.807) is 0 Å². The van der Waals surface area contributed by atoms with Crippen molar-refractivity contribution in [3.63, 3.8) is 0 Å². The Bertz CT molecular complexity index is 411. The van der Waals surface area contributed by atoms with Gasteiger partial charge in [0.15, 0.2) is 0 Å². The summed E-state index contributed by atoms with van der Waals surface area (Å²) >= 11 is 0. The number of ether oxygens (including phenoxy) is 2. The summed E-state index contributed by atoms with van der Waals surface area (Å²) in [6, 6.07) is 6.32. The summed E-state index contributed by atoms with van der Waals surface area (Å²) in [5.74, 6) is 1.04. The van der Waals surface area contributed by atoms with E-state index in [0.29, 0.717) is 0 Å². The molecule has 3 rings (SSSR count). The fourth-order valence-corrected chi connectivity index (χ4v) is 2.51. The molecule has 1 aromatic rings. The SMILES string of the molecule is CC1(COc2cccc3c2CNC3)CCOC1. The Morgan fingerprint density at radius 2 is 2.35 bits per heavy atom. The maximum Gasteiger partial charge on any atom is 0.124 e. The quantitative estimate of drug-likeness (QED) is 0.867. The normalized spacial score (nSPS) is 27.1. The molecule has 0 spiro atoms. The lowest BCUT2D eigenvalue weighted by Crippen LogP contribution is -2.25. The first kappa shape index (κ1) is 11.1. The molecule has 0 saturated carbocycles. The summed E-state index contributed by atoms with van der Waals surface area (Å²) in [7, 11) is 0. The van der Waals surface area contributed by atoms with E-state index in [2.05, 4.69) is 30.4 Å². The molecule has 3 nitrogen and oxygen atoms in total. The molecule has 0 bridgehead atoms. The van der Waals surface area contributed by atoms with Gasteiger partial charge in [-0.3, -0.25) is 0 Å². The minimum Gasteiger partial charge on any atom is -0.493 e. The van der Waals surface area contributed by atoms with Crippen molar-refractivity contribution >= 4 is 0 Å². The molecule has 2 heterocycles. The highest BCUT2D eigenvalue weighted by molar-refractivity contribution is 5.42. The number of hydrogen-bond donors (Lipinski definition) is 1. The van der Waals surface area contributed by atoms with Gasteiger partial charge in [-0.1, -0.05) is 19.1 Å². The van der Waals surface area contributed by atoms with E-state index >= 15 is 0 Å². The van der Waals surface area contributed by atoms with E-state index in [-0.39, 0.29) is 5.41 Å². The summed E-state index contributed by atoms with van der Waals surface area (Å²) in [5.41, 5.74) is 2.89. The Kier molecular flexibility index (Phi) is 2.81. The lowest BCUT2D eigenvalue weighted by molar-refractivity contribution is 0.117. The van der Waals surface area contributed by atoms with Crippen molar-refractivity contribution in [3.05, 3.63) is 29.3 Å². The molecule has 1 saturated heterocycles. The predicted octanol–water partition coefficient (Wildman–Crippen LogP) is 2.10. The van der Waals surface area contributed by atoms with Crippen LogP contribution in [0.4, 0.5) is 0 Å². The summed E-state index contributed by atoms with van der Waals surface area (Å²) in [6.45, 7) is 6.57. The predicted molar refractivity (Wildman–Crippen MR) is 66.0 cm³/mol. The molecule has 3 heteroatoms. The monoisotopic (exact) mass is 233 g/mol. The average Bonchev–Trinajstić information content (AvgIpc) is 2.95. The van der Waals surface area contributed by atoms with Gasteiger partial charge in [0.25, 0.3) is 0 Å². The lowest BCUT2D eigenvalue weighted by Gasteiger charge is -2.22. The fourth-order valence-electron chi connectivity index (χ4n) is 2.51. The van der Waals surface area contributed by atoms with Gasteiger partial charge < -0.3 is 14.8 Å². The minimum absolute atomic E-state index is 0.189. The maximum atomic E-state index is 6.02. The van der Waals surface area contributed by atoms with Crippen LogP contribution in [0.5, 0.6) is 5.75 Å². The van der Waals surface area contributed by atoms with Crippen molar-refractivity contribution in [2.45, 2.75) is 26.4 Å². The van der Waals surface area contributed by atoms with Crippen LogP contribution in [0.15, 0.2) is 18.2 Å². The average molecular weight is 233 g/mol. The van der Waals surface area contributed by atoms with Crippen molar-refractivity contribution < 1.29 is 9.47 Å². The van der Waals surface area contributed by atoms with E-state index in [9.17, 15) is 0 Å². The highest BCUT2D eigenvalue weighted by Gasteiger charge is 2.31.